The molecule has 3 aromatic carbocycles. The van der Waals surface area contributed by atoms with Gasteiger partial charge in [-0.2, -0.15) is 4.68 Å². The fraction of sp³-hybridized carbons (Fsp3) is 0.133. The number of H-pyrrole nitrogens is 1. The molecule has 0 saturated carbocycles. The Morgan fingerprint density at radius 2 is 1.88 bits per heavy atom. The highest BCUT2D eigenvalue weighted by atomic mass is 35.5. The quantitative estimate of drug-likeness (QED) is 0.200. The van der Waals surface area contributed by atoms with E-state index >= 15 is 0 Å². The van der Waals surface area contributed by atoms with Gasteiger partial charge in [0.15, 0.2) is 0 Å². The Hall–Kier alpha value is -5.29. The van der Waals surface area contributed by atoms with E-state index in [0.717, 1.165) is 22.5 Å². The van der Waals surface area contributed by atoms with Gasteiger partial charge in [0.1, 0.15) is 12.2 Å². The molecule has 5 rings (SSSR count). The van der Waals surface area contributed by atoms with Crippen molar-refractivity contribution in [3.63, 3.8) is 0 Å². The molecule has 0 fully saturated rings. The first kappa shape index (κ1) is 28.2. The Labute approximate surface area is 246 Å². The Morgan fingerprint density at radius 1 is 1.10 bits per heavy atom. The van der Waals surface area contributed by atoms with E-state index in [9.17, 15) is 9.59 Å². The van der Waals surface area contributed by atoms with E-state index in [1.54, 1.807) is 36.4 Å². The van der Waals surface area contributed by atoms with Crippen molar-refractivity contribution in [2.24, 2.45) is 0 Å². The standard InChI is InChI=1S/C30H27ClN8O3/c1-19-28(21-8-12-24(13-9-21)34-30(41)42-2)36-29(33-19)25(16-20-6-4-3-5-7-20)35-27(40)15-10-22-17-23(31)11-14-26(22)39-18-32-37-38-39/h3-15,17-18,25H,16H2,1-2H3,(H,33,36)(H,34,41)(H,35,40)/t25-/m0/s1. The van der Waals surface area contributed by atoms with Gasteiger partial charge in [-0.3, -0.25) is 10.1 Å². The molecule has 212 valence electrons. The third-order valence-corrected chi connectivity index (χ3v) is 6.66. The molecule has 2 amide bonds. The number of methoxy groups -OCH3 is 1. The molecule has 2 aromatic heterocycles. The second-order valence-corrected chi connectivity index (χ2v) is 9.77. The summed E-state index contributed by atoms with van der Waals surface area (Å²) in [6.07, 6.45) is 4.55. The van der Waals surface area contributed by atoms with Crippen molar-refractivity contribution in [1.29, 1.82) is 0 Å². The van der Waals surface area contributed by atoms with E-state index in [0.29, 0.717) is 34.2 Å². The number of aromatic nitrogens is 6. The van der Waals surface area contributed by atoms with E-state index in [1.807, 2.05) is 49.4 Å². The number of nitrogens with zero attached hydrogens (tertiary/aromatic N) is 5. The molecule has 0 aliphatic heterocycles. The van der Waals surface area contributed by atoms with Crippen LogP contribution in [0.2, 0.25) is 5.02 Å². The fourth-order valence-electron chi connectivity index (χ4n) is 4.40. The molecule has 0 unspecified atom stereocenters. The zero-order valence-corrected chi connectivity index (χ0v) is 23.5. The number of carbonyl (C=O) groups is 2. The first-order valence-corrected chi connectivity index (χ1v) is 13.3. The molecule has 0 spiro atoms. The average Bonchev–Trinajstić information content (AvgIpc) is 3.67. The normalized spacial score (nSPS) is 11.8. The number of halogens is 1. The summed E-state index contributed by atoms with van der Waals surface area (Å²) in [6, 6.07) is 21.9. The minimum absolute atomic E-state index is 0.313. The van der Waals surface area contributed by atoms with Crippen LogP contribution in [0.15, 0.2) is 85.2 Å². The number of nitrogens with one attached hydrogen (secondary N) is 3. The maximum atomic E-state index is 13.2. The van der Waals surface area contributed by atoms with Gasteiger partial charge in [-0.05, 0) is 65.7 Å². The predicted molar refractivity (Wildman–Crippen MR) is 159 cm³/mol. The number of hydrogen-bond acceptors (Lipinski definition) is 7. The number of rotatable bonds is 9. The summed E-state index contributed by atoms with van der Waals surface area (Å²) in [5, 5.41) is 17.5. The number of carbonyl (C=O) groups excluding carboxylic acids is 2. The summed E-state index contributed by atoms with van der Waals surface area (Å²) in [5.41, 5.74) is 5.42. The van der Waals surface area contributed by atoms with Crippen molar-refractivity contribution in [2.45, 2.75) is 19.4 Å². The van der Waals surface area contributed by atoms with Crippen molar-refractivity contribution in [3.05, 3.63) is 113 Å². The number of amides is 2. The van der Waals surface area contributed by atoms with Crippen molar-refractivity contribution < 1.29 is 14.3 Å². The van der Waals surface area contributed by atoms with Gasteiger partial charge in [0.25, 0.3) is 0 Å². The first-order valence-electron chi connectivity index (χ1n) is 13.0. The highest BCUT2D eigenvalue weighted by molar-refractivity contribution is 6.30. The summed E-state index contributed by atoms with van der Waals surface area (Å²) < 4.78 is 6.14. The average molecular weight is 583 g/mol. The second kappa shape index (κ2) is 12.9. The van der Waals surface area contributed by atoms with Gasteiger partial charge in [0.05, 0.1) is 24.5 Å². The molecule has 12 heteroatoms. The number of imidazole rings is 1. The lowest BCUT2D eigenvalue weighted by molar-refractivity contribution is -0.117. The van der Waals surface area contributed by atoms with E-state index in [-0.39, 0.29) is 5.91 Å². The number of aromatic amines is 1. The van der Waals surface area contributed by atoms with Crippen LogP contribution in [-0.2, 0) is 16.0 Å². The number of ether oxygens (including phenoxy) is 1. The molecule has 0 radical (unpaired) electrons. The smallest absolute Gasteiger partial charge is 0.411 e. The van der Waals surface area contributed by atoms with Crippen LogP contribution in [0.25, 0.3) is 23.0 Å². The molecule has 42 heavy (non-hydrogen) atoms. The molecule has 0 aliphatic carbocycles. The number of aryl methyl sites for hydroxylation is 1. The molecule has 11 nitrogen and oxygen atoms in total. The van der Waals surface area contributed by atoms with Gasteiger partial charge in [-0.25, -0.2) is 9.78 Å². The summed E-state index contributed by atoms with van der Waals surface area (Å²) in [7, 11) is 1.31. The van der Waals surface area contributed by atoms with Crippen LogP contribution in [0.3, 0.4) is 0 Å². The van der Waals surface area contributed by atoms with Gasteiger partial charge in [0.2, 0.25) is 5.91 Å². The molecule has 0 saturated heterocycles. The maximum Gasteiger partial charge on any atom is 0.411 e. The molecule has 5 aromatic rings. The molecule has 0 bridgehead atoms. The highest BCUT2D eigenvalue weighted by Gasteiger charge is 2.20. The Balaban J connectivity index is 1.39. The van der Waals surface area contributed by atoms with E-state index in [1.165, 1.54) is 24.2 Å². The van der Waals surface area contributed by atoms with Crippen molar-refractivity contribution >= 4 is 35.4 Å². The largest absolute Gasteiger partial charge is 0.453 e. The van der Waals surface area contributed by atoms with Crippen molar-refractivity contribution in [2.75, 3.05) is 12.4 Å². The maximum absolute atomic E-state index is 13.2. The van der Waals surface area contributed by atoms with Gasteiger partial charge in [0, 0.05) is 33.6 Å². The molecule has 2 heterocycles. The molecule has 1 atom stereocenters. The monoisotopic (exact) mass is 582 g/mol. The Kier molecular flexibility index (Phi) is 8.69. The van der Waals surface area contributed by atoms with Crippen molar-refractivity contribution in [1.82, 2.24) is 35.5 Å². The first-order chi connectivity index (χ1) is 20.4. The summed E-state index contributed by atoms with van der Waals surface area (Å²) in [4.78, 5) is 33.0. The van der Waals surface area contributed by atoms with Crippen LogP contribution in [0.1, 0.15) is 28.7 Å². The van der Waals surface area contributed by atoms with Gasteiger partial charge >= 0.3 is 6.09 Å². The third kappa shape index (κ3) is 6.88. The summed E-state index contributed by atoms with van der Waals surface area (Å²) in [5.74, 6) is 0.300. The van der Waals surface area contributed by atoms with Crippen LogP contribution in [0.5, 0.6) is 0 Å². The zero-order chi connectivity index (χ0) is 29.5. The molecular weight excluding hydrogens is 556 g/mol. The van der Waals surface area contributed by atoms with Crippen LogP contribution in [0, 0.1) is 6.92 Å². The lowest BCUT2D eigenvalue weighted by Crippen LogP contribution is -2.29. The van der Waals surface area contributed by atoms with E-state index in [2.05, 4.69) is 35.9 Å². The third-order valence-electron chi connectivity index (χ3n) is 6.42. The Morgan fingerprint density at radius 3 is 2.60 bits per heavy atom. The molecule has 0 aliphatic rings. The number of hydrogen-bond donors (Lipinski definition) is 3. The van der Waals surface area contributed by atoms with Crippen LogP contribution in [-0.4, -0.2) is 49.3 Å². The van der Waals surface area contributed by atoms with Crippen LogP contribution >= 0.6 is 11.6 Å². The van der Waals surface area contributed by atoms with E-state index in [4.69, 9.17) is 16.6 Å². The fourth-order valence-corrected chi connectivity index (χ4v) is 4.58. The second-order valence-electron chi connectivity index (χ2n) is 9.33. The molecule has 3 N–H and O–H groups in total. The van der Waals surface area contributed by atoms with Crippen molar-refractivity contribution in [3.8, 4) is 16.9 Å². The summed E-state index contributed by atoms with van der Waals surface area (Å²) in [6.45, 7) is 1.92. The lowest BCUT2D eigenvalue weighted by Gasteiger charge is -2.16. The van der Waals surface area contributed by atoms with Crippen LogP contribution < -0.4 is 10.6 Å². The topological polar surface area (TPSA) is 140 Å². The minimum atomic E-state index is -0.545. The predicted octanol–water partition coefficient (Wildman–Crippen LogP) is 5.31. The summed E-state index contributed by atoms with van der Waals surface area (Å²) >= 11 is 6.22. The number of anilines is 1. The number of benzene rings is 3. The Bertz CT molecular complexity index is 1700. The SMILES string of the molecule is COC(=O)Nc1ccc(-c2nc([C@H](Cc3ccccc3)NC(=O)C=Cc3cc(Cl)ccc3-n3cnnn3)[nH]c2C)cc1. The van der Waals surface area contributed by atoms with Gasteiger partial charge in [-0.15, -0.1) is 5.10 Å². The zero-order valence-electron chi connectivity index (χ0n) is 22.8. The lowest BCUT2D eigenvalue weighted by atomic mass is 10.1. The van der Waals surface area contributed by atoms with E-state index < -0.39 is 12.1 Å². The van der Waals surface area contributed by atoms with Gasteiger partial charge in [-0.1, -0.05) is 54.1 Å². The van der Waals surface area contributed by atoms with Crippen LogP contribution in [0.4, 0.5) is 10.5 Å². The minimum Gasteiger partial charge on any atom is -0.453 e. The highest BCUT2D eigenvalue weighted by Crippen LogP contribution is 2.27. The molecular formula is C30H27ClN8O3. The number of tetrazole rings is 1. The van der Waals surface area contributed by atoms with Gasteiger partial charge < -0.3 is 15.0 Å².